The van der Waals surface area contributed by atoms with E-state index < -0.39 is 15.7 Å². The number of likely N-dealkylation sites (tertiary alicyclic amines) is 1. The topological polar surface area (TPSA) is 109 Å². The zero-order valence-electron chi connectivity index (χ0n) is 17.2. The Hall–Kier alpha value is -2.98. The van der Waals surface area contributed by atoms with E-state index in [-0.39, 0.29) is 16.8 Å². The number of sulfonamides is 1. The van der Waals surface area contributed by atoms with Crippen molar-refractivity contribution in [3.8, 4) is 0 Å². The molecule has 0 saturated carbocycles. The molecular weight excluding hydrogens is 416 g/mol. The number of fused-ring (bicyclic) bond motifs is 2. The molecule has 0 radical (unpaired) electrons. The smallest absolute Gasteiger partial charge is 0.244 e. The van der Waals surface area contributed by atoms with E-state index in [1.807, 2.05) is 37.3 Å². The van der Waals surface area contributed by atoms with Crippen molar-refractivity contribution in [3.63, 3.8) is 0 Å². The number of nitrogens with one attached hydrogen (secondary N) is 2. The van der Waals surface area contributed by atoms with Crippen LogP contribution in [0.5, 0.6) is 0 Å². The van der Waals surface area contributed by atoms with Crippen LogP contribution in [-0.4, -0.2) is 53.0 Å². The van der Waals surface area contributed by atoms with Crippen LogP contribution in [0.25, 0.3) is 11.0 Å². The van der Waals surface area contributed by atoms with E-state index in [4.69, 9.17) is 0 Å². The predicted molar refractivity (Wildman–Crippen MR) is 116 cm³/mol. The lowest BCUT2D eigenvalue weighted by atomic mass is 9.96. The highest BCUT2D eigenvalue weighted by Crippen LogP contribution is 2.35. The third-order valence-electron chi connectivity index (χ3n) is 6.11. The Kier molecular flexibility index (Phi) is 4.71. The summed E-state index contributed by atoms with van der Waals surface area (Å²) in [5, 5.41) is 11.7. The Balaban J connectivity index is 1.26. The molecule has 1 saturated heterocycles. The summed E-state index contributed by atoms with van der Waals surface area (Å²) < 4.78 is 30.0. The maximum atomic E-state index is 12.9. The van der Waals surface area contributed by atoms with Gasteiger partial charge < -0.3 is 10.2 Å². The van der Waals surface area contributed by atoms with Crippen LogP contribution in [0, 0.1) is 0 Å². The van der Waals surface area contributed by atoms with Crippen molar-refractivity contribution in [2.75, 3.05) is 18.4 Å². The van der Waals surface area contributed by atoms with Gasteiger partial charge in [0.15, 0.2) is 0 Å². The number of amides is 1. The molecule has 31 heavy (non-hydrogen) atoms. The van der Waals surface area contributed by atoms with Crippen LogP contribution in [0.15, 0.2) is 53.4 Å². The number of benzene rings is 2. The van der Waals surface area contributed by atoms with Crippen LogP contribution < -0.4 is 10.0 Å². The molecule has 1 spiro atoms. The van der Waals surface area contributed by atoms with Gasteiger partial charge in [-0.1, -0.05) is 29.5 Å². The molecule has 9 nitrogen and oxygen atoms in total. The number of hydrogen-bond acceptors (Lipinski definition) is 6. The van der Waals surface area contributed by atoms with Crippen LogP contribution in [0.4, 0.5) is 5.69 Å². The van der Waals surface area contributed by atoms with Gasteiger partial charge in [-0.25, -0.2) is 13.1 Å². The Labute approximate surface area is 180 Å². The van der Waals surface area contributed by atoms with Crippen molar-refractivity contribution >= 4 is 32.7 Å². The summed E-state index contributed by atoms with van der Waals surface area (Å²) in [7, 11) is -3.59. The first kappa shape index (κ1) is 20.0. The highest BCUT2D eigenvalue weighted by Gasteiger charge is 2.43. The van der Waals surface area contributed by atoms with Crippen molar-refractivity contribution < 1.29 is 13.2 Å². The Morgan fingerprint density at radius 3 is 2.65 bits per heavy atom. The lowest BCUT2D eigenvalue weighted by Crippen LogP contribution is -2.62. The number of aromatic nitrogens is 3. The standard InChI is InChI=1S/C21H24N6O3S/c1-15(27-18-8-4-2-6-16(18)23-25-27)14-20(28)26-12-10-21(11-13-26)22-17-7-3-5-9-19(17)31(29,30)24-21/h2-9,15,22,24H,10-14H2,1H3. The molecule has 5 rings (SSSR count). The largest absolute Gasteiger partial charge is 0.365 e. The number of carbonyl (C=O) groups is 1. The summed E-state index contributed by atoms with van der Waals surface area (Å²) in [6.45, 7) is 2.90. The van der Waals surface area contributed by atoms with E-state index in [0.717, 1.165) is 11.0 Å². The summed E-state index contributed by atoms with van der Waals surface area (Å²) >= 11 is 0. The van der Waals surface area contributed by atoms with Crippen LogP contribution in [0.1, 0.15) is 32.2 Å². The van der Waals surface area contributed by atoms with Gasteiger partial charge in [0.1, 0.15) is 16.1 Å². The lowest BCUT2D eigenvalue weighted by Gasteiger charge is -2.45. The second kappa shape index (κ2) is 7.31. The molecule has 2 aromatic carbocycles. The molecule has 1 aromatic heterocycles. The van der Waals surface area contributed by atoms with Crippen molar-refractivity contribution in [2.24, 2.45) is 0 Å². The van der Waals surface area contributed by atoms with Gasteiger partial charge in [0.05, 0.1) is 17.2 Å². The minimum Gasteiger partial charge on any atom is -0.365 e. The number of hydrogen-bond donors (Lipinski definition) is 2. The van der Waals surface area contributed by atoms with Crippen molar-refractivity contribution in [1.29, 1.82) is 0 Å². The highest BCUT2D eigenvalue weighted by molar-refractivity contribution is 7.89. The van der Waals surface area contributed by atoms with Gasteiger partial charge in [-0.3, -0.25) is 4.79 Å². The van der Waals surface area contributed by atoms with Gasteiger partial charge in [-0.15, -0.1) is 5.10 Å². The van der Waals surface area contributed by atoms with Crippen LogP contribution in [0.2, 0.25) is 0 Å². The fourth-order valence-corrected chi connectivity index (χ4v) is 5.99. The van der Waals surface area contributed by atoms with Gasteiger partial charge in [0, 0.05) is 32.4 Å². The maximum Gasteiger partial charge on any atom is 0.244 e. The molecule has 2 aliphatic rings. The normalized spacial score (nSPS) is 20.2. The predicted octanol–water partition coefficient (Wildman–Crippen LogP) is 2.11. The van der Waals surface area contributed by atoms with E-state index in [1.54, 1.807) is 27.8 Å². The van der Waals surface area contributed by atoms with E-state index in [2.05, 4.69) is 20.4 Å². The second-order valence-electron chi connectivity index (χ2n) is 8.27. The molecule has 0 bridgehead atoms. The number of piperidine rings is 1. The SMILES string of the molecule is CC(CC(=O)N1CCC2(CC1)Nc1ccccc1S(=O)(=O)N2)n1nnc2ccccc21. The fourth-order valence-electron chi connectivity index (χ4n) is 4.45. The van der Waals surface area contributed by atoms with Gasteiger partial charge in [0.2, 0.25) is 15.9 Å². The average Bonchev–Trinajstić information content (AvgIpc) is 3.18. The van der Waals surface area contributed by atoms with Crippen molar-refractivity contribution in [2.45, 2.75) is 42.8 Å². The van der Waals surface area contributed by atoms with E-state index in [0.29, 0.717) is 38.0 Å². The minimum absolute atomic E-state index is 0.0287. The Morgan fingerprint density at radius 1 is 1.13 bits per heavy atom. The number of carbonyl (C=O) groups excluding carboxylic acids is 1. The van der Waals surface area contributed by atoms with E-state index >= 15 is 0 Å². The summed E-state index contributed by atoms with van der Waals surface area (Å²) in [6, 6.07) is 14.4. The quantitative estimate of drug-likeness (QED) is 0.646. The van der Waals surface area contributed by atoms with E-state index in [9.17, 15) is 13.2 Å². The number of anilines is 1. The third-order valence-corrected chi connectivity index (χ3v) is 7.71. The average molecular weight is 441 g/mol. The zero-order chi connectivity index (χ0) is 21.6. The molecule has 1 unspecified atom stereocenters. The van der Waals surface area contributed by atoms with Gasteiger partial charge >= 0.3 is 0 Å². The molecule has 0 aliphatic carbocycles. The molecule has 3 aromatic rings. The number of rotatable bonds is 3. The second-order valence-corrected chi connectivity index (χ2v) is 9.92. The summed E-state index contributed by atoms with van der Waals surface area (Å²) in [5.41, 5.74) is 1.54. The van der Waals surface area contributed by atoms with Crippen LogP contribution in [0.3, 0.4) is 0 Å². The lowest BCUT2D eigenvalue weighted by molar-refractivity contribution is -0.133. The van der Waals surface area contributed by atoms with E-state index in [1.165, 1.54) is 0 Å². The maximum absolute atomic E-state index is 12.9. The summed E-state index contributed by atoms with van der Waals surface area (Å²) in [5.74, 6) is 0.0287. The molecule has 2 aliphatic heterocycles. The third kappa shape index (κ3) is 3.55. The summed E-state index contributed by atoms with van der Waals surface area (Å²) in [6.07, 6.45) is 1.29. The molecule has 162 valence electrons. The van der Waals surface area contributed by atoms with Gasteiger partial charge in [-0.2, -0.15) is 4.72 Å². The van der Waals surface area contributed by atoms with Crippen molar-refractivity contribution in [3.05, 3.63) is 48.5 Å². The number of para-hydroxylation sites is 2. The number of nitrogens with zero attached hydrogens (tertiary/aromatic N) is 4. The van der Waals surface area contributed by atoms with Gasteiger partial charge in [0.25, 0.3) is 0 Å². The Bertz CT molecular complexity index is 1250. The summed E-state index contributed by atoms with van der Waals surface area (Å²) in [4.78, 5) is 15.0. The molecule has 1 amide bonds. The molecular formula is C21H24N6O3S. The molecule has 1 atom stereocenters. The molecule has 2 N–H and O–H groups in total. The Morgan fingerprint density at radius 2 is 1.84 bits per heavy atom. The first-order chi connectivity index (χ1) is 14.9. The van der Waals surface area contributed by atoms with Crippen LogP contribution >= 0.6 is 0 Å². The van der Waals surface area contributed by atoms with Gasteiger partial charge in [-0.05, 0) is 31.2 Å². The fraction of sp³-hybridized carbons (Fsp3) is 0.381. The molecule has 1 fully saturated rings. The minimum atomic E-state index is -3.59. The first-order valence-corrected chi connectivity index (χ1v) is 11.8. The molecule has 10 heteroatoms. The zero-order valence-corrected chi connectivity index (χ0v) is 18.0. The van der Waals surface area contributed by atoms with Crippen LogP contribution in [-0.2, 0) is 14.8 Å². The monoisotopic (exact) mass is 440 g/mol. The van der Waals surface area contributed by atoms with Crippen molar-refractivity contribution in [1.82, 2.24) is 24.6 Å². The molecule has 3 heterocycles. The first-order valence-electron chi connectivity index (χ1n) is 10.4. The highest BCUT2D eigenvalue weighted by atomic mass is 32.2.